The Hall–Kier alpha value is -1.61. The smallest absolute Gasteiger partial charge is 0.324 e. The molecule has 9 heteroatoms. The third-order valence-electron chi connectivity index (χ3n) is 3.43. The number of aryl methyl sites for hydroxylation is 2. The molecule has 2 rings (SSSR count). The van der Waals surface area contributed by atoms with E-state index in [9.17, 15) is 13.2 Å². The van der Waals surface area contributed by atoms with Gasteiger partial charge in [0.05, 0.1) is 23.7 Å². The number of aromatic nitrogens is 2. The summed E-state index contributed by atoms with van der Waals surface area (Å²) in [4.78, 5) is 11.9. The molecule has 118 valence electrons. The minimum Gasteiger partial charge on any atom is -0.465 e. The van der Waals surface area contributed by atoms with E-state index >= 15 is 0 Å². The van der Waals surface area contributed by atoms with Crippen LogP contribution >= 0.6 is 0 Å². The van der Waals surface area contributed by atoms with Crippen LogP contribution in [0.25, 0.3) is 0 Å². The minimum atomic E-state index is -3.82. The molecule has 1 fully saturated rings. The van der Waals surface area contributed by atoms with Gasteiger partial charge >= 0.3 is 16.2 Å². The van der Waals surface area contributed by atoms with Gasteiger partial charge in [0.1, 0.15) is 6.04 Å². The summed E-state index contributed by atoms with van der Waals surface area (Å²) < 4.78 is 33.6. The van der Waals surface area contributed by atoms with E-state index < -0.39 is 22.2 Å². The Morgan fingerprint density at radius 3 is 2.81 bits per heavy atom. The predicted molar refractivity (Wildman–Crippen MR) is 77.0 cm³/mol. The number of anilines is 1. The van der Waals surface area contributed by atoms with Gasteiger partial charge in [0, 0.05) is 6.54 Å². The Kier molecular flexibility index (Phi) is 4.52. The number of hydrogen-bond donors (Lipinski definition) is 2. The first-order chi connectivity index (χ1) is 9.86. The standard InChI is InChI=1S/C12H20N4O4S/c1-4-20-12(17)10-6-5-7-16(10)21(18,19)15-11-8(2)13-14-9(11)3/h10,15H,4-7H2,1-3H3,(H,13,14). The molecule has 2 heterocycles. The Labute approximate surface area is 124 Å². The predicted octanol–water partition coefficient (Wildman–Crippen LogP) is 0.711. The van der Waals surface area contributed by atoms with E-state index in [1.165, 1.54) is 0 Å². The number of H-pyrrole nitrogens is 1. The lowest BCUT2D eigenvalue weighted by Crippen LogP contribution is -2.44. The van der Waals surface area contributed by atoms with Crippen LogP contribution in [-0.2, 0) is 19.7 Å². The third kappa shape index (κ3) is 3.18. The van der Waals surface area contributed by atoms with Gasteiger partial charge in [-0.1, -0.05) is 0 Å². The summed E-state index contributed by atoms with van der Waals surface area (Å²) in [5.74, 6) is -0.499. The van der Waals surface area contributed by atoms with Crippen LogP contribution in [0.1, 0.15) is 31.2 Å². The Bertz CT molecular complexity index is 606. The SMILES string of the molecule is CCOC(=O)C1CCCN1S(=O)(=O)Nc1c(C)n[nH]c1C. The van der Waals surface area contributed by atoms with Crippen LogP contribution in [-0.4, -0.2) is 48.1 Å². The fourth-order valence-electron chi connectivity index (χ4n) is 2.39. The minimum absolute atomic E-state index is 0.233. The first-order valence-electron chi connectivity index (χ1n) is 6.84. The molecular formula is C12H20N4O4S. The fraction of sp³-hybridized carbons (Fsp3) is 0.667. The Balaban J connectivity index is 2.21. The molecule has 0 spiro atoms. The average molecular weight is 316 g/mol. The maximum Gasteiger partial charge on any atom is 0.324 e. The van der Waals surface area contributed by atoms with E-state index in [0.717, 1.165) is 4.31 Å². The molecule has 1 saturated heterocycles. The highest BCUT2D eigenvalue weighted by molar-refractivity contribution is 7.90. The van der Waals surface area contributed by atoms with Crippen molar-refractivity contribution in [2.75, 3.05) is 17.9 Å². The molecule has 0 amide bonds. The van der Waals surface area contributed by atoms with E-state index in [4.69, 9.17) is 4.74 Å². The summed E-state index contributed by atoms with van der Waals surface area (Å²) in [7, 11) is -3.82. The maximum absolute atomic E-state index is 12.5. The molecule has 1 atom stereocenters. The van der Waals surface area contributed by atoms with Gasteiger partial charge in [-0.05, 0) is 33.6 Å². The molecule has 1 aromatic heterocycles. The van der Waals surface area contributed by atoms with Crippen LogP contribution in [0.5, 0.6) is 0 Å². The molecule has 21 heavy (non-hydrogen) atoms. The molecular weight excluding hydrogens is 296 g/mol. The van der Waals surface area contributed by atoms with Crippen LogP contribution in [0.3, 0.4) is 0 Å². The summed E-state index contributed by atoms with van der Waals surface area (Å²) in [6, 6.07) is -0.755. The molecule has 1 aromatic rings. The molecule has 1 aliphatic rings. The van der Waals surface area contributed by atoms with Crippen molar-refractivity contribution < 1.29 is 17.9 Å². The van der Waals surface area contributed by atoms with Crippen molar-refractivity contribution >= 4 is 21.9 Å². The van der Waals surface area contributed by atoms with Gasteiger partial charge in [-0.2, -0.15) is 17.8 Å². The van der Waals surface area contributed by atoms with Crippen LogP contribution in [0.15, 0.2) is 0 Å². The van der Waals surface area contributed by atoms with Gasteiger partial charge in [-0.3, -0.25) is 14.6 Å². The van der Waals surface area contributed by atoms with Crippen LogP contribution in [0.4, 0.5) is 5.69 Å². The summed E-state index contributed by atoms with van der Waals surface area (Å²) in [6.07, 6.45) is 1.11. The molecule has 1 aliphatic heterocycles. The van der Waals surface area contributed by atoms with Crippen molar-refractivity contribution in [2.24, 2.45) is 0 Å². The highest BCUT2D eigenvalue weighted by atomic mass is 32.2. The molecule has 0 saturated carbocycles. The van der Waals surface area contributed by atoms with Crippen molar-refractivity contribution in [2.45, 2.75) is 39.7 Å². The number of esters is 1. The third-order valence-corrected chi connectivity index (χ3v) is 4.95. The normalized spacial score (nSPS) is 19.7. The topological polar surface area (TPSA) is 104 Å². The molecule has 8 nitrogen and oxygen atoms in total. The van der Waals surface area contributed by atoms with E-state index in [-0.39, 0.29) is 6.61 Å². The zero-order valence-electron chi connectivity index (χ0n) is 12.3. The van der Waals surface area contributed by atoms with Gasteiger partial charge in [-0.25, -0.2) is 0 Å². The summed E-state index contributed by atoms with van der Waals surface area (Å²) in [5, 5.41) is 6.67. The quantitative estimate of drug-likeness (QED) is 0.779. The lowest BCUT2D eigenvalue weighted by molar-refractivity contribution is -0.146. The number of rotatable bonds is 5. The van der Waals surface area contributed by atoms with Crippen LogP contribution < -0.4 is 4.72 Å². The van der Waals surface area contributed by atoms with Crippen molar-refractivity contribution in [1.29, 1.82) is 0 Å². The second-order valence-electron chi connectivity index (χ2n) is 4.94. The number of aromatic amines is 1. The molecule has 2 N–H and O–H groups in total. The second-order valence-corrected chi connectivity index (χ2v) is 6.56. The first kappa shape index (κ1) is 15.8. The lowest BCUT2D eigenvalue weighted by atomic mass is 10.2. The van der Waals surface area contributed by atoms with Gasteiger partial charge in [-0.15, -0.1) is 0 Å². The second kappa shape index (κ2) is 6.02. The van der Waals surface area contributed by atoms with Crippen molar-refractivity contribution in [3.8, 4) is 0 Å². The molecule has 0 aliphatic carbocycles. The largest absolute Gasteiger partial charge is 0.465 e. The number of carbonyl (C=O) groups excluding carboxylic acids is 1. The van der Waals surface area contributed by atoms with Gasteiger partial charge < -0.3 is 4.74 Å². The number of nitrogens with one attached hydrogen (secondary N) is 2. The van der Waals surface area contributed by atoms with Crippen molar-refractivity contribution in [3.63, 3.8) is 0 Å². The van der Waals surface area contributed by atoms with Crippen molar-refractivity contribution in [1.82, 2.24) is 14.5 Å². The zero-order chi connectivity index (χ0) is 15.6. The van der Waals surface area contributed by atoms with Crippen LogP contribution in [0.2, 0.25) is 0 Å². The Morgan fingerprint density at radius 2 is 2.24 bits per heavy atom. The fourth-order valence-corrected chi connectivity index (χ4v) is 3.96. The number of nitrogens with zero attached hydrogens (tertiary/aromatic N) is 2. The monoisotopic (exact) mass is 316 g/mol. The van der Waals surface area contributed by atoms with Crippen molar-refractivity contribution in [3.05, 3.63) is 11.4 Å². The zero-order valence-corrected chi connectivity index (χ0v) is 13.2. The highest BCUT2D eigenvalue weighted by Gasteiger charge is 2.40. The van der Waals surface area contributed by atoms with E-state index in [0.29, 0.717) is 36.5 Å². The van der Waals surface area contributed by atoms with E-state index in [2.05, 4.69) is 14.9 Å². The van der Waals surface area contributed by atoms with Gasteiger partial charge in [0.15, 0.2) is 0 Å². The molecule has 0 bridgehead atoms. The molecule has 0 aromatic carbocycles. The van der Waals surface area contributed by atoms with Gasteiger partial charge in [0.2, 0.25) is 0 Å². The highest BCUT2D eigenvalue weighted by Crippen LogP contribution is 2.25. The van der Waals surface area contributed by atoms with Crippen LogP contribution in [0, 0.1) is 13.8 Å². The molecule has 0 radical (unpaired) electrons. The number of ether oxygens (including phenoxy) is 1. The van der Waals surface area contributed by atoms with E-state index in [1.54, 1.807) is 20.8 Å². The maximum atomic E-state index is 12.5. The van der Waals surface area contributed by atoms with Gasteiger partial charge in [0.25, 0.3) is 0 Å². The summed E-state index contributed by atoms with van der Waals surface area (Å²) in [6.45, 7) is 5.66. The molecule has 1 unspecified atom stereocenters. The average Bonchev–Trinajstić information content (AvgIpc) is 3.02. The number of carbonyl (C=O) groups is 1. The number of hydrogen-bond acceptors (Lipinski definition) is 5. The summed E-state index contributed by atoms with van der Waals surface area (Å²) in [5.41, 5.74) is 1.61. The van der Waals surface area contributed by atoms with E-state index in [1.807, 2.05) is 0 Å². The summed E-state index contributed by atoms with van der Waals surface area (Å²) >= 11 is 0. The lowest BCUT2D eigenvalue weighted by Gasteiger charge is -2.23. The first-order valence-corrected chi connectivity index (χ1v) is 8.28. The Morgan fingerprint density at radius 1 is 1.52 bits per heavy atom.